The van der Waals surface area contributed by atoms with Crippen LogP contribution in [0.25, 0.3) is 0 Å². The van der Waals surface area contributed by atoms with Crippen molar-refractivity contribution < 1.29 is 8.78 Å². The number of halogens is 3. The third-order valence-corrected chi connectivity index (χ3v) is 3.85. The topological polar surface area (TPSA) is 38.0 Å². The van der Waals surface area contributed by atoms with E-state index in [0.29, 0.717) is 10.9 Å². The maximum absolute atomic E-state index is 13.4. The Morgan fingerprint density at radius 2 is 1.95 bits per heavy atom. The fourth-order valence-electron chi connectivity index (χ4n) is 2.15. The van der Waals surface area contributed by atoms with Crippen LogP contribution in [0.3, 0.4) is 0 Å². The van der Waals surface area contributed by atoms with Gasteiger partial charge in [0, 0.05) is 0 Å². The SMILES string of the molecule is Cc1ccc(F)cc1C(Cc1ccc(F)c(Br)c1)NN. The maximum Gasteiger partial charge on any atom is 0.137 e. The second-order valence-corrected chi connectivity index (χ2v) is 5.53. The van der Waals surface area contributed by atoms with Crippen LogP contribution in [-0.4, -0.2) is 0 Å². The van der Waals surface area contributed by atoms with Gasteiger partial charge in [-0.1, -0.05) is 12.1 Å². The van der Waals surface area contributed by atoms with Gasteiger partial charge in [0.15, 0.2) is 0 Å². The lowest BCUT2D eigenvalue weighted by Crippen LogP contribution is -2.30. The van der Waals surface area contributed by atoms with Crippen LogP contribution in [0.4, 0.5) is 8.78 Å². The van der Waals surface area contributed by atoms with Gasteiger partial charge < -0.3 is 0 Å². The highest BCUT2D eigenvalue weighted by atomic mass is 79.9. The Kier molecular flexibility index (Phi) is 4.86. The van der Waals surface area contributed by atoms with E-state index < -0.39 is 0 Å². The average Bonchev–Trinajstić information content (AvgIpc) is 2.43. The van der Waals surface area contributed by atoms with Crippen LogP contribution < -0.4 is 11.3 Å². The Morgan fingerprint density at radius 1 is 1.20 bits per heavy atom. The fraction of sp³-hybridized carbons (Fsp3) is 0.200. The minimum atomic E-state index is -0.312. The Bertz CT molecular complexity index is 617. The number of hydrazine groups is 1. The van der Waals surface area contributed by atoms with Crippen LogP contribution >= 0.6 is 15.9 Å². The van der Waals surface area contributed by atoms with Gasteiger partial charge in [0.05, 0.1) is 10.5 Å². The number of benzene rings is 2. The molecule has 106 valence electrons. The van der Waals surface area contributed by atoms with Crippen molar-refractivity contribution in [3.8, 4) is 0 Å². The first-order valence-corrected chi connectivity index (χ1v) is 6.96. The van der Waals surface area contributed by atoms with Gasteiger partial charge in [-0.05, 0) is 70.2 Å². The van der Waals surface area contributed by atoms with Gasteiger partial charge in [0.1, 0.15) is 11.6 Å². The molecule has 2 rings (SSSR count). The summed E-state index contributed by atoms with van der Waals surface area (Å²) in [7, 11) is 0. The molecule has 0 radical (unpaired) electrons. The molecule has 1 atom stereocenters. The number of nitrogens with two attached hydrogens (primary N) is 1. The lowest BCUT2D eigenvalue weighted by atomic mass is 9.96. The average molecular weight is 341 g/mol. The summed E-state index contributed by atoms with van der Waals surface area (Å²) in [4.78, 5) is 0. The standard InChI is InChI=1S/C15H15BrF2N2/c1-9-2-4-11(17)8-12(9)15(20-19)7-10-3-5-14(18)13(16)6-10/h2-6,8,15,20H,7,19H2,1H3. The van der Waals surface area contributed by atoms with Crippen molar-refractivity contribution in [3.63, 3.8) is 0 Å². The molecule has 2 aromatic rings. The molecule has 0 saturated heterocycles. The van der Waals surface area contributed by atoms with Crippen molar-refractivity contribution in [2.45, 2.75) is 19.4 Å². The predicted molar refractivity (Wildman–Crippen MR) is 79.0 cm³/mol. The first-order valence-electron chi connectivity index (χ1n) is 6.17. The second-order valence-electron chi connectivity index (χ2n) is 4.67. The molecule has 0 fully saturated rings. The van der Waals surface area contributed by atoms with E-state index in [1.54, 1.807) is 18.2 Å². The first kappa shape index (κ1) is 15.1. The Hall–Kier alpha value is -1.30. The third-order valence-electron chi connectivity index (χ3n) is 3.24. The number of rotatable bonds is 4. The van der Waals surface area contributed by atoms with Gasteiger partial charge in [0.2, 0.25) is 0 Å². The van der Waals surface area contributed by atoms with Crippen LogP contribution in [0.15, 0.2) is 40.9 Å². The lowest BCUT2D eigenvalue weighted by molar-refractivity contribution is 0.540. The fourth-order valence-corrected chi connectivity index (χ4v) is 2.57. The van der Waals surface area contributed by atoms with Gasteiger partial charge >= 0.3 is 0 Å². The quantitative estimate of drug-likeness (QED) is 0.656. The molecule has 3 N–H and O–H groups in total. The summed E-state index contributed by atoms with van der Waals surface area (Å²) in [6.07, 6.45) is 0.541. The highest BCUT2D eigenvalue weighted by molar-refractivity contribution is 9.10. The summed E-state index contributed by atoms with van der Waals surface area (Å²) in [5.74, 6) is 4.97. The van der Waals surface area contributed by atoms with Crippen molar-refractivity contribution in [2.75, 3.05) is 0 Å². The van der Waals surface area contributed by atoms with E-state index in [1.807, 2.05) is 6.92 Å². The Morgan fingerprint density at radius 3 is 2.60 bits per heavy atom. The van der Waals surface area contributed by atoms with Crippen LogP contribution in [-0.2, 0) is 6.42 Å². The molecule has 20 heavy (non-hydrogen) atoms. The van der Waals surface area contributed by atoms with Crippen molar-refractivity contribution in [2.24, 2.45) is 5.84 Å². The van der Waals surface area contributed by atoms with E-state index in [4.69, 9.17) is 5.84 Å². The molecule has 5 heteroatoms. The molecule has 0 aromatic heterocycles. The number of aryl methyl sites for hydroxylation is 1. The first-order chi connectivity index (χ1) is 9.51. The minimum Gasteiger partial charge on any atom is -0.271 e. The van der Waals surface area contributed by atoms with E-state index in [9.17, 15) is 8.78 Å². The van der Waals surface area contributed by atoms with Crippen molar-refractivity contribution in [1.29, 1.82) is 0 Å². The van der Waals surface area contributed by atoms with E-state index in [-0.39, 0.29) is 17.7 Å². The number of nitrogens with one attached hydrogen (secondary N) is 1. The maximum atomic E-state index is 13.4. The Balaban J connectivity index is 2.28. The molecule has 0 spiro atoms. The van der Waals surface area contributed by atoms with Gasteiger partial charge in [0.25, 0.3) is 0 Å². The highest BCUT2D eigenvalue weighted by Crippen LogP contribution is 2.24. The predicted octanol–water partition coefficient (Wildman–Crippen LogP) is 3.78. The van der Waals surface area contributed by atoms with E-state index in [0.717, 1.165) is 16.7 Å². The normalized spacial score (nSPS) is 12.4. The summed E-state index contributed by atoms with van der Waals surface area (Å²) in [6, 6.07) is 9.16. The van der Waals surface area contributed by atoms with E-state index >= 15 is 0 Å². The molecule has 0 heterocycles. The zero-order valence-electron chi connectivity index (χ0n) is 11.0. The Labute approximate surface area is 125 Å². The molecular formula is C15H15BrF2N2. The van der Waals surface area contributed by atoms with Gasteiger partial charge in [-0.15, -0.1) is 0 Å². The van der Waals surface area contributed by atoms with Crippen molar-refractivity contribution in [1.82, 2.24) is 5.43 Å². The van der Waals surface area contributed by atoms with Crippen LogP contribution in [0.1, 0.15) is 22.7 Å². The summed E-state index contributed by atoms with van der Waals surface area (Å²) in [5, 5.41) is 0. The summed E-state index contributed by atoms with van der Waals surface area (Å²) >= 11 is 3.15. The lowest BCUT2D eigenvalue weighted by Gasteiger charge is -2.19. The van der Waals surface area contributed by atoms with Gasteiger partial charge in [-0.2, -0.15) is 0 Å². The number of hydrogen-bond donors (Lipinski definition) is 2. The molecule has 1 unspecified atom stereocenters. The minimum absolute atomic E-state index is 0.233. The highest BCUT2D eigenvalue weighted by Gasteiger charge is 2.14. The molecular weight excluding hydrogens is 326 g/mol. The molecule has 0 aliphatic heterocycles. The van der Waals surface area contributed by atoms with Crippen molar-refractivity contribution >= 4 is 15.9 Å². The monoisotopic (exact) mass is 340 g/mol. The third kappa shape index (κ3) is 3.42. The van der Waals surface area contributed by atoms with E-state index in [2.05, 4.69) is 21.4 Å². The molecule has 0 saturated carbocycles. The van der Waals surface area contributed by atoms with Gasteiger partial charge in [-0.25, -0.2) is 8.78 Å². The molecule has 0 aliphatic rings. The van der Waals surface area contributed by atoms with Crippen molar-refractivity contribution in [3.05, 3.63) is 69.2 Å². The van der Waals surface area contributed by atoms with Gasteiger partial charge in [-0.3, -0.25) is 11.3 Å². The molecule has 2 nitrogen and oxygen atoms in total. The molecule has 0 amide bonds. The second kappa shape index (κ2) is 6.43. The van der Waals surface area contributed by atoms with Crippen LogP contribution in [0, 0.1) is 18.6 Å². The summed E-state index contributed by atoms with van der Waals surface area (Å²) in [6.45, 7) is 1.90. The number of hydrogen-bond acceptors (Lipinski definition) is 2. The zero-order valence-corrected chi connectivity index (χ0v) is 12.5. The largest absolute Gasteiger partial charge is 0.271 e. The molecule has 0 aliphatic carbocycles. The molecule has 2 aromatic carbocycles. The zero-order chi connectivity index (χ0) is 14.7. The smallest absolute Gasteiger partial charge is 0.137 e. The van der Waals surface area contributed by atoms with E-state index in [1.165, 1.54) is 18.2 Å². The summed E-state index contributed by atoms with van der Waals surface area (Å²) < 4.78 is 27.0. The molecule has 0 bridgehead atoms. The van der Waals surface area contributed by atoms with Crippen LogP contribution in [0.5, 0.6) is 0 Å². The van der Waals surface area contributed by atoms with Crippen LogP contribution in [0.2, 0.25) is 0 Å². The summed E-state index contributed by atoms with van der Waals surface area (Å²) in [5.41, 5.74) is 5.35.